The number of morpholine rings is 1. The zero-order chi connectivity index (χ0) is 13.0. The number of aryl methyl sites for hydroxylation is 2. The third kappa shape index (κ3) is 3.51. The number of ether oxygens (including phenoxy) is 1. The van der Waals surface area contributed by atoms with Gasteiger partial charge in [-0.15, -0.1) is 0 Å². The van der Waals surface area contributed by atoms with Gasteiger partial charge in [-0.3, -0.25) is 9.78 Å². The SMILES string of the molecule is Cc1cc(C(=O)NCC2CNCCO2)cc(C)n1. The molecule has 1 unspecified atom stereocenters. The minimum Gasteiger partial charge on any atom is -0.374 e. The fourth-order valence-electron chi connectivity index (χ4n) is 2.02. The van der Waals surface area contributed by atoms with Crippen molar-refractivity contribution in [2.75, 3.05) is 26.2 Å². The average Bonchev–Trinajstić information content (AvgIpc) is 2.36. The van der Waals surface area contributed by atoms with Crippen LogP contribution in [0.3, 0.4) is 0 Å². The third-order valence-corrected chi connectivity index (χ3v) is 2.84. The van der Waals surface area contributed by atoms with Gasteiger partial charge in [0.05, 0.1) is 12.7 Å². The number of hydrogen-bond acceptors (Lipinski definition) is 4. The molecular weight excluding hydrogens is 230 g/mol. The van der Waals surface area contributed by atoms with Gasteiger partial charge in [0.15, 0.2) is 0 Å². The first-order valence-electron chi connectivity index (χ1n) is 6.21. The lowest BCUT2D eigenvalue weighted by Crippen LogP contribution is -2.45. The summed E-state index contributed by atoms with van der Waals surface area (Å²) in [5.74, 6) is -0.0715. The van der Waals surface area contributed by atoms with E-state index in [2.05, 4.69) is 15.6 Å². The third-order valence-electron chi connectivity index (χ3n) is 2.84. The predicted molar refractivity (Wildman–Crippen MR) is 68.7 cm³/mol. The Balaban J connectivity index is 1.90. The maximum absolute atomic E-state index is 12.0. The molecule has 0 aromatic carbocycles. The molecule has 1 aliphatic heterocycles. The molecule has 0 radical (unpaired) electrons. The van der Waals surface area contributed by atoms with Gasteiger partial charge in [-0.25, -0.2) is 0 Å². The van der Waals surface area contributed by atoms with Crippen LogP contribution in [0.25, 0.3) is 0 Å². The van der Waals surface area contributed by atoms with E-state index in [1.165, 1.54) is 0 Å². The van der Waals surface area contributed by atoms with Crippen molar-refractivity contribution >= 4 is 5.91 Å². The van der Waals surface area contributed by atoms with Gasteiger partial charge in [0, 0.05) is 36.6 Å². The summed E-state index contributed by atoms with van der Waals surface area (Å²) >= 11 is 0. The summed E-state index contributed by atoms with van der Waals surface area (Å²) < 4.78 is 5.52. The Kier molecular flexibility index (Phi) is 4.28. The maximum Gasteiger partial charge on any atom is 0.251 e. The monoisotopic (exact) mass is 249 g/mol. The minimum atomic E-state index is -0.0715. The molecule has 18 heavy (non-hydrogen) atoms. The van der Waals surface area contributed by atoms with Crippen LogP contribution in [0.2, 0.25) is 0 Å². The van der Waals surface area contributed by atoms with Gasteiger partial charge in [0.1, 0.15) is 0 Å². The molecule has 2 N–H and O–H groups in total. The molecule has 1 saturated heterocycles. The first-order chi connectivity index (χ1) is 8.65. The topological polar surface area (TPSA) is 63.2 Å². The van der Waals surface area contributed by atoms with Gasteiger partial charge in [-0.2, -0.15) is 0 Å². The molecule has 0 aliphatic carbocycles. The van der Waals surface area contributed by atoms with Crippen molar-refractivity contribution in [2.24, 2.45) is 0 Å². The Morgan fingerprint density at radius 2 is 2.22 bits per heavy atom. The molecule has 1 aromatic rings. The second-order valence-electron chi connectivity index (χ2n) is 4.55. The highest BCUT2D eigenvalue weighted by molar-refractivity contribution is 5.94. The fraction of sp³-hybridized carbons (Fsp3) is 0.538. The highest BCUT2D eigenvalue weighted by atomic mass is 16.5. The van der Waals surface area contributed by atoms with Crippen LogP contribution in [0, 0.1) is 13.8 Å². The molecule has 0 saturated carbocycles. The fourth-order valence-corrected chi connectivity index (χ4v) is 2.02. The number of nitrogens with zero attached hydrogens (tertiary/aromatic N) is 1. The van der Waals surface area contributed by atoms with Gasteiger partial charge in [0.2, 0.25) is 0 Å². The molecule has 1 atom stereocenters. The number of carbonyl (C=O) groups is 1. The number of carbonyl (C=O) groups excluding carboxylic acids is 1. The Morgan fingerprint density at radius 1 is 1.50 bits per heavy atom. The second kappa shape index (κ2) is 5.93. The number of hydrogen-bond donors (Lipinski definition) is 2. The van der Waals surface area contributed by atoms with Gasteiger partial charge < -0.3 is 15.4 Å². The number of amides is 1. The van der Waals surface area contributed by atoms with Gasteiger partial charge >= 0.3 is 0 Å². The zero-order valence-corrected chi connectivity index (χ0v) is 10.8. The van der Waals surface area contributed by atoms with E-state index >= 15 is 0 Å². The van der Waals surface area contributed by atoms with Crippen molar-refractivity contribution in [1.29, 1.82) is 0 Å². The minimum absolute atomic E-state index is 0.0618. The van der Waals surface area contributed by atoms with Crippen molar-refractivity contribution in [3.05, 3.63) is 29.1 Å². The van der Waals surface area contributed by atoms with E-state index < -0.39 is 0 Å². The van der Waals surface area contributed by atoms with Gasteiger partial charge in [-0.05, 0) is 26.0 Å². The lowest BCUT2D eigenvalue weighted by Gasteiger charge is -2.23. The normalized spacial score (nSPS) is 19.6. The number of rotatable bonds is 3. The van der Waals surface area contributed by atoms with Crippen LogP contribution in [0.4, 0.5) is 0 Å². The Morgan fingerprint density at radius 3 is 2.83 bits per heavy atom. The number of nitrogens with one attached hydrogen (secondary N) is 2. The summed E-state index contributed by atoms with van der Waals surface area (Å²) in [5.41, 5.74) is 2.37. The van der Waals surface area contributed by atoms with E-state index in [4.69, 9.17) is 4.74 Å². The van der Waals surface area contributed by atoms with E-state index in [9.17, 15) is 4.79 Å². The van der Waals surface area contributed by atoms with Crippen molar-refractivity contribution < 1.29 is 9.53 Å². The summed E-state index contributed by atoms with van der Waals surface area (Å²) in [7, 11) is 0. The largest absolute Gasteiger partial charge is 0.374 e. The first kappa shape index (κ1) is 13.0. The van der Waals surface area contributed by atoms with Crippen molar-refractivity contribution in [2.45, 2.75) is 20.0 Å². The summed E-state index contributed by atoms with van der Waals surface area (Å²) in [5, 5.41) is 6.12. The lowest BCUT2D eigenvalue weighted by atomic mass is 10.2. The van der Waals surface area contributed by atoms with E-state index in [1.54, 1.807) is 12.1 Å². The van der Waals surface area contributed by atoms with Crippen LogP contribution >= 0.6 is 0 Å². The Bertz CT molecular complexity index is 408. The summed E-state index contributed by atoms with van der Waals surface area (Å²) in [6.45, 7) is 6.68. The molecular formula is C13H19N3O2. The van der Waals surface area contributed by atoms with Crippen LogP contribution in [-0.4, -0.2) is 43.2 Å². The molecule has 5 heteroatoms. The quantitative estimate of drug-likeness (QED) is 0.815. The molecule has 0 bridgehead atoms. The Hall–Kier alpha value is -1.46. The first-order valence-corrected chi connectivity index (χ1v) is 6.21. The summed E-state index contributed by atoms with van der Waals surface area (Å²) in [4.78, 5) is 16.2. The van der Waals surface area contributed by atoms with E-state index in [0.717, 1.165) is 24.5 Å². The van der Waals surface area contributed by atoms with Crippen LogP contribution < -0.4 is 10.6 Å². The van der Waals surface area contributed by atoms with Crippen LogP contribution in [0.15, 0.2) is 12.1 Å². The molecule has 1 aliphatic rings. The molecule has 2 rings (SSSR count). The van der Waals surface area contributed by atoms with Crippen LogP contribution in [0.5, 0.6) is 0 Å². The van der Waals surface area contributed by atoms with E-state index in [1.807, 2.05) is 13.8 Å². The molecule has 1 fully saturated rings. The summed E-state index contributed by atoms with van der Waals surface area (Å²) in [6.07, 6.45) is 0.0618. The molecule has 1 amide bonds. The lowest BCUT2D eigenvalue weighted by molar-refractivity contribution is 0.0287. The van der Waals surface area contributed by atoms with E-state index in [0.29, 0.717) is 18.7 Å². The van der Waals surface area contributed by atoms with Crippen molar-refractivity contribution in [3.8, 4) is 0 Å². The van der Waals surface area contributed by atoms with Gasteiger partial charge in [0.25, 0.3) is 5.91 Å². The van der Waals surface area contributed by atoms with Crippen LogP contribution in [-0.2, 0) is 4.74 Å². The maximum atomic E-state index is 12.0. The number of pyridine rings is 1. The highest BCUT2D eigenvalue weighted by Gasteiger charge is 2.15. The van der Waals surface area contributed by atoms with Crippen molar-refractivity contribution in [3.63, 3.8) is 0 Å². The zero-order valence-electron chi connectivity index (χ0n) is 10.8. The predicted octanol–water partition coefficient (Wildman–Crippen LogP) is 0.417. The standard InChI is InChI=1S/C13H19N3O2/c1-9-5-11(6-10(2)16-9)13(17)15-8-12-7-14-3-4-18-12/h5-6,12,14H,3-4,7-8H2,1-2H3,(H,15,17). The smallest absolute Gasteiger partial charge is 0.251 e. The molecule has 0 spiro atoms. The summed E-state index contributed by atoms with van der Waals surface area (Å²) in [6, 6.07) is 3.59. The average molecular weight is 249 g/mol. The number of aromatic nitrogens is 1. The molecule has 98 valence electrons. The molecule has 2 heterocycles. The highest BCUT2D eigenvalue weighted by Crippen LogP contribution is 2.05. The van der Waals surface area contributed by atoms with Gasteiger partial charge in [-0.1, -0.05) is 0 Å². The molecule has 1 aromatic heterocycles. The molecule has 5 nitrogen and oxygen atoms in total. The van der Waals surface area contributed by atoms with E-state index in [-0.39, 0.29) is 12.0 Å². The second-order valence-corrected chi connectivity index (χ2v) is 4.55. The van der Waals surface area contributed by atoms with Crippen molar-refractivity contribution in [1.82, 2.24) is 15.6 Å². The Labute approximate surface area is 107 Å². The van der Waals surface area contributed by atoms with Crippen LogP contribution in [0.1, 0.15) is 21.7 Å².